The van der Waals surface area contributed by atoms with E-state index in [9.17, 15) is 13.2 Å². The van der Waals surface area contributed by atoms with Crippen molar-refractivity contribution in [2.24, 2.45) is 0 Å². The van der Waals surface area contributed by atoms with Crippen molar-refractivity contribution in [1.29, 1.82) is 0 Å². The van der Waals surface area contributed by atoms with Crippen molar-refractivity contribution in [3.05, 3.63) is 23.5 Å². The molecule has 0 atom stereocenters. The van der Waals surface area contributed by atoms with Gasteiger partial charge in [0.15, 0.2) is 0 Å². The molecule has 1 heterocycles. The van der Waals surface area contributed by atoms with Crippen LogP contribution in [0.1, 0.15) is 51.8 Å². The third-order valence-corrected chi connectivity index (χ3v) is 3.07. The van der Waals surface area contributed by atoms with Gasteiger partial charge in [-0.1, -0.05) is 13.8 Å². The normalized spacial score (nSPS) is 12.7. The molecule has 0 radical (unpaired) electrons. The molecule has 1 aromatic heterocycles. The summed E-state index contributed by atoms with van der Waals surface area (Å²) in [6.07, 6.45) is 2.05. The van der Waals surface area contributed by atoms with E-state index in [1.54, 1.807) is 33.0 Å². The van der Waals surface area contributed by atoms with E-state index in [1.807, 2.05) is 13.8 Å². The van der Waals surface area contributed by atoms with Crippen LogP contribution < -0.4 is 0 Å². The van der Waals surface area contributed by atoms with Crippen LogP contribution in [0.15, 0.2) is 12.3 Å². The quantitative estimate of drug-likeness (QED) is 0.798. The third-order valence-electron chi connectivity index (χ3n) is 2.53. The van der Waals surface area contributed by atoms with Crippen LogP contribution in [0.25, 0.3) is 0 Å². The molecule has 0 aliphatic carbocycles. The minimum absolute atomic E-state index is 0.0875. The SMILES string of the molecule is CC(C)c1cc(COS(C)(=O)=O)cn1C(=O)OC(C)(C)C. The lowest BCUT2D eigenvalue weighted by atomic mass is 10.1. The highest BCUT2D eigenvalue weighted by Gasteiger charge is 2.21. The number of nitrogens with zero attached hydrogens (tertiary/aromatic N) is 1. The fraction of sp³-hybridized carbons (Fsp3) is 0.643. The van der Waals surface area contributed by atoms with E-state index < -0.39 is 21.8 Å². The zero-order valence-electron chi connectivity index (χ0n) is 13.3. The van der Waals surface area contributed by atoms with E-state index in [0.717, 1.165) is 11.9 Å². The van der Waals surface area contributed by atoms with E-state index in [4.69, 9.17) is 8.92 Å². The highest BCUT2D eigenvalue weighted by molar-refractivity contribution is 7.85. The molecule has 0 saturated heterocycles. The van der Waals surface area contributed by atoms with Crippen molar-refractivity contribution >= 4 is 16.2 Å². The maximum absolute atomic E-state index is 12.2. The molecule has 0 saturated carbocycles. The zero-order valence-corrected chi connectivity index (χ0v) is 14.2. The van der Waals surface area contributed by atoms with Crippen molar-refractivity contribution in [3.63, 3.8) is 0 Å². The van der Waals surface area contributed by atoms with Crippen LogP contribution in [0.3, 0.4) is 0 Å². The molecule has 1 aromatic rings. The zero-order chi connectivity index (χ0) is 16.4. The predicted octanol–water partition coefficient (Wildman–Crippen LogP) is 2.87. The second-order valence-corrected chi connectivity index (χ2v) is 7.89. The van der Waals surface area contributed by atoms with Gasteiger partial charge >= 0.3 is 6.09 Å². The summed E-state index contributed by atoms with van der Waals surface area (Å²) in [5, 5.41) is 0. The standard InChI is InChI=1S/C14H23NO5S/c1-10(2)12-7-11(9-19-21(6,17)18)8-15(12)13(16)20-14(3,4)5/h7-8,10H,9H2,1-6H3. The first kappa shape index (κ1) is 17.7. The molecule has 0 unspecified atom stereocenters. The summed E-state index contributed by atoms with van der Waals surface area (Å²) in [4.78, 5) is 12.2. The number of ether oxygens (including phenoxy) is 1. The number of aromatic nitrogens is 1. The molecule has 21 heavy (non-hydrogen) atoms. The molecule has 0 amide bonds. The second-order valence-electron chi connectivity index (χ2n) is 6.24. The number of hydrogen-bond donors (Lipinski definition) is 0. The van der Waals surface area contributed by atoms with Gasteiger partial charge in [-0.15, -0.1) is 0 Å². The van der Waals surface area contributed by atoms with Gasteiger partial charge in [-0.2, -0.15) is 8.42 Å². The third kappa shape index (κ3) is 5.89. The Hall–Kier alpha value is -1.34. The van der Waals surface area contributed by atoms with Crippen molar-refractivity contribution in [2.45, 2.75) is 52.7 Å². The number of carbonyl (C=O) groups is 1. The topological polar surface area (TPSA) is 74.6 Å². The van der Waals surface area contributed by atoms with Gasteiger partial charge in [-0.3, -0.25) is 8.75 Å². The van der Waals surface area contributed by atoms with Gasteiger partial charge < -0.3 is 4.74 Å². The molecular weight excluding hydrogens is 294 g/mol. The summed E-state index contributed by atoms with van der Waals surface area (Å²) in [6, 6.07) is 1.75. The molecule has 0 aromatic carbocycles. The second kappa shape index (κ2) is 6.19. The lowest BCUT2D eigenvalue weighted by Gasteiger charge is -2.21. The van der Waals surface area contributed by atoms with Crippen LogP contribution in [0.5, 0.6) is 0 Å². The molecule has 0 aliphatic rings. The lowest BCUT2D eigenvalue weighted by Crippen LogP contribution is -2.27. The Kier molecular flexibility index (Phi) is 5.22. The monoisotopic (exact) mass is 317 g/mol. The van der Waals surface area contributed by atoms with Crippen LogP contribution in [-0.4, -0.2) is 30.9 Å². The largest absolute Gasteiger partial charge is 0.443 e. The summed E-state index contributed by atoms with van der Waals surface area (Å²) >= 11 is 0. The van der Waals surface area contributed by atoms with Gasteiger partial charge in [0.25, 0.3) is 10.1 Å². The first-order valence-corrected chi connectivity index (χ1v) is 8.49. The number of hydrogen-bond acceptors (Lipinski definition) is 5. The van der Waals surface area contributed by atoms with Gasteiger partial charge in [0.2, 0.25) is 0 Å². The first-order valence-electron chi connectivity index (χ1n) is 6.68. The van der Waals surface area contributed by atoms with Crippen molar-refractivity contribution in [3.8, 4) is 0 Å². The predicted molar refractivity (Wildman–Crippen MR) is 79.8 cm³/mol. The molecule has 0 N–H and O–H groups in total. The minimum Gasteiger partial charge on any atom is -0.443 e. The van der Waals surface area contributed by atoms with E-state index in [0.29, 0.717) is 5.56 Å². The number of carbonyl (C=O) groups excluding carboxylic acids is 1. The van der Waals surface area contributed by atoms with Crippen LogP contribution in [0, 0.1) is 0 Å². The van der Waals surface area contributed by atoms with Gasteiger partial charge in [-0.05, 0) is 38.3 Å². The first-order chi connectivity index (χ1) is 9.39. The number of rotatable bonds is 4. The van der Waals surface area contributed by atoms with E-state index >= 15 is 0 Å². The van der Waals surface area contributed by atoms with E-state index in [-0.39, 0.29) is 12.5 Å². The maximum Gasteiger partial charge on any atom is 0.418 e. The van der Waals surface area contributed by atoms with Crippen LogP contribution >= 0.6 is 0 Å². The Morgan fingerprint density at radius 1 is 1.33 bits per heavy atom. The lowest BCUT2D eigenvalue weighted by molar-refractivity contribution is 0.0531. The molecule has 7 heteroatoms. The Morgan fingerprint density at radius 2 is 1.90 bits per heavy atom. The molecule has 0 fully saturated rings. The Bertz CT molecular complexity index is 608. The molecule has 6 nitrogen and oxygen atoms in total. The molecule has 1 rings (SSSR count). The van der Waals surface area contributed by atoms with Crippen LogP contribution in [-0.2, 0) is 25.6 Å². The fourth-order valence-corrected chi connectivity index (χ4v) is 2.06. The summed E-state index contributed by atoms with van der Waals surface area (Å²) < 4.78 is 33.6. The fourth-order valence-electron chi connectivity index (χ4n) is 1.71. The Balaban J connectivity index is 3.02. The Labute approximate surface area is 126 Å². The minimum atomic E-state index is -3.52. The average Bonchev–Trinajstić information content (AvgIpc) is 2.67. The van der Waals surface area contributed by atoms with Gasteiger partial charge in [0.1, 0.15) is 5.60 Å². The van der Waals surface area contributed by atoms with Crippen LogP contribution in [0.2, 0.25) is 0 Å². The Morgan fingerprint density at radius 3 is 2.33 bits per heavy atom. The van der Waals surface area contributed by atoms with Gasteiger partial charge in [-0.25, -0.2) is 4.79 Å². The highest BCUT2D eigenvalue weighted by atomic mass is 32.2. The van der Waals surface area contributed by atoms with Crippen LogP contribution in [0.4, 0.5) is 4.79 Å². The summed E-state index contributed by atoms with van der Waals surface area (Å²) in [5.74, 6) is 0.0875. The summed E-state index contributed by atoms with van der Waals surface area (Å²) in [6.45, 7) is 9.15. The smallest absolute Gasteiger partial charge is 0.418 e. The highest BCUT2D eigenvalue weighted by Crippen LogP contribution is 2.21. The van der Waals surface area contributed by atoms with Gasteiger partial charge in [0.05, 0.1) is 12.9 Å². The van der Waals surface area contributed by atoms with E-state index in [2.05, 4.69) is 0 Å². The molecular formula is C14H23NO5S. The molecule has 120 valence electrons. The van der Waals surface area contributed by atoms with Crippen molar-refractivity contribution < 1.29 is 22.1 Å². The molecule has 0 aliphatic heterocycles. The van der Waals surface area contributed by atoms with E-state index in [1.165, 1.54) is 4.57 Å². The summed E-state index contributed by atoms with van der Waals surface area (Å²) in [7, 11) is -3.52. The molecule has 0 spiro atoms. The van der Waals surface area contributed by atoms with Crippen molar-refractivity contribution in [2.75, 3.05) is 6.26 Å². The maximum atomic E-state index is 12.2. The summed E-state index contributed by atoms with van der Waals surface area (Å²) in [5.41, 5.74) is 0.755. The molecule has 0 bridgehead atoms. The van der Waals surface area contributed by atoms with Gasteiger partial charge in [0, 0.05) is 11.9 Å². The van der Waals surface area contributed by atoms with Crippen molar-refractivity contribution in [1.82, 2.24) is 4.57 Å². The average molecular weight is 317 g/mol.